The molecule has 92 valence electrons. The fourth-order valence-corrected chi connectivity index (χ4v) is 2.09. The number of amides is 1. The van der Waals surface area contributed by atoms with Crippen LogP contribution in [0.2, 0.25) is 0 Å². The minimum Gasteiger partial charge on any atom is -0.353 e. The van der Waals surface area contributed by atoms with E-state index >= 15 is 0 Å². The summed E-state index contributed by atoms with van der Waals surface area (Å²) < 4.78 is 0. The smallest absolute Gasteiger partial charge is 0.224 e. The fourth-order valence-electron chi connectivity index (χ4n) is 2.09. The molecule has 3 heteroatoms. The summed E-state index contributed by atoms with van der Waals surface area (Å²) in [6.07, 6.45) is 7.65. The van der Waals surface area contributed by atoms with Crippen LogP contribution in [0.5, 0.6) is 0 Å². The Hall–Kier alpha value is -2.08. The Labute approximate surface area is 107 Å². The predicted molar refractivity (Wildman–Crippen MR) is 69.8 cm³/mol. The standard InChI is InChI=1S/C15H16N2O/c16-11-13-8-6-12(7-9-13)10-15(18)17-14-4-2-1-3-5-14/h1-2,6-9,14H,3-5,10H2,(H,17,18). The summed E-state index contributed by atoms with van der Waals surface area (Å²) in [5.74, 6) is 0.0556. The minimum absolute atomic E-state index is 0.0556. The lowest BCUT2D eigenvalue weighted by Gasteiger charge is -2.19. The van der Waals surface area contributed by atoms with Crippen LogP contribution in [0.25, 0.3) is 0 Å². The highest BCUT2D eigenvalue weighted by atomic mass is 16.1. The van der Waals surface area contributed by atoms with Crippen LogP contribution in [0.1, 0.15) is 30.4 Å². The van der Waals surface area contributed by atoms with Gasteiger partial charge in [-0.05, 0) is 37.0 Å². The average Bonchev–Trinajstić information content (AvgIpc) is 2.40. The van der Waals surface area contributed by atoms with Crippen molar-refractivity contribution >= 4 is 5.91 Å². The lowest BCUT2D eigenvalue weighted by atomic mass is 10.0. The molecule has 1 unspecified atom stereocenters. The summed E-state index contributed by atoms with van der Waals surface area (Å²) in [5, 5.41) is 11.7. The van der Waals surface area contributed by atoms with Crippen molar-refractivity contribution in [3.8, 4) is 6.07 Å². The SMILES string of the molecule is N#Cc1ccc(CC(=O)NC2CC=CCC2)cc1. The van der Waals surface area contributed by atoms with Crippen molar-refractivity contribution in [1.82, 2.24) is 5.32 Å². The van der Waals surface area contributed by atoms with E-state index in [4.69, 9.17) is 5.26 Å². The molecule has 0 bridgehead atoms. The first-order valence-corrected chi connectivity index (χ1v) is 6.21. The van der Waals surface area contributed by atoms with Gasteiger partial charge in [-0.2, -0.15) is 5.26 Å². The van der Waals surface area contributed by atoms with Gasteiger partial charge in [-0.3, -0.25) is 4.79 Å². The molecule has 1 N–H and O–H groups in total. The molecule has 0 aromatic heterocycles. The van der Waals surface area contributed by atoms with Crippen LogP contribution in [0.4, 0.5) is 0 Å². The summed E-state index contributed by atoms with van der Waals surface area (Å²) in [6, 6.07) is 9.49. The number of nitriles is 1. The lowest BCUT2D eigenvalue weighted by Crippen LogP contribution is -2.36. The summed E-state index contributed by atoms with van der Waals surface area (Å²) in [5.41, 5.74) is 1.56. The second kappa shape index (κ2) is 6.02. The zero-order valence-corrected chi connectivity index (χ0v) is 10.2. The van der Waals surface area contributed by atoms with Crippen molar-refractivity contribution in [2.75, 3.05) is 0 Å². The third kappa shape index (κ3) is 3.46. The summed E-state index contributed by atoms with van der Waals surface area (Å²) in [7, 11) is 0. The number of hydrogen-bond acceptors (Lipinski definition) is 2. The maximum atomic E-state index is 11.8. The summed E-state index contributed by atoms with van der Waals surface area (Å²) in [6.45, 7) is 0. The Morgan fingerprint density at radius 2 is 2.11 bits per heavy atom. The van der Waals surface area contributed by atoms with Gasteiger partial charge in [0.05, 0.1) is 18.1 Å². The van der Waals surface area contributed by atoms with Crippen molar-refractivity contribution in [3.63, 3.8) is 0 Å². The third-order valence-electron chi connectivity index (χ3n) is 3.08. The first-order valence-electron chi connectivity index (χ1n) is 6.21. The van der Waals surface area contributed by atoms with Gasteiger partial charge in [-0.25, -0.2) is 0 Å². The molecule has 0 saturated carbocycles. The molecule has 0 heterocycles. The Morgan fingerprint density at radius 3 is 2.72 bits per heavy atom. The van der Waals surface area contributed by atoms with Gasteiger partial charge in [-0.15, -0.1) is 0 Å². The van der Waals surface area contributed by atoms with Crippen LogP contribution < -0.4 is 5.32 Å². The normalized spacial score (nSPS) is 18.1. The van der Waals surface area contributed by atoms with E-state index in [2.05, 4.69) is 23.5 Å². The van der Waals surface area contributed by atoms with Crippen molar-refractivity contribution in [1.29, 1.82) is 5.26 Å². The van der Waals surface area contributed by atoms with E-state index in [1.807, 2.05) is 12.1 Å². The molecular weight excluding hydrogens is 224 g/mol. The van der Waals surface area contributed by atoms with E-state index < -0.39 is 0 Å². The number of benzene rings is 1. The molecule has 0 radical (unpaired) electrons. The Kier molecular flexibility index (Phi) is 4.14. The van der Waals surface area contributed by atoms with E-state index in [0.29, 0.717) is 12.0 Å². The molecule has 0 saturated heterocycles. The van der Waals surface area contributed by atoms with Gasteiger partial charge in [0.15, 0.2) is 0 Å². The van der Waals surface area contributed by atoms with Crippen LogP contribution in [-0.2, 0) is 11.2 Å². The van der Waals surface area contributed by atoms with E-state index in [0.717, 1.165) is 24.8 Å². The van der Waals surface area contributed by atoms with E-state index in [1.54, 1.807) is 12.1 Å². The summed E-state index contributed by atoms with van der Waals surface area (Å²) >= 11 is 0. The number of hydrogen-bond donors (Lipinski definition) is 1. The fraction of sp³-hybridized carbons (Fsp3) is 0.333. The second-order valence-corrected chi connectivity index (χ2v) is 4.53. The van der Waals surface area contributed by atoms with Gasteiger partial charge in [0, 0.05) is 6.04 Å². The average molecular weight is 240 g/mol. The third-order valence-corrected chi connectivity index (χ3v) is 3.08. The predicted octanol–water partition coefficient (Wildman–Crippen LogP) is 2.33. The van der Waals surface area contributed by atoms with Gasteiger partial charge in [0.25, 0.3) is 0 Å². The number of carbonyl (C=O) groups excluding carboxylic acids is 1. The van der Waals surface area contributed by atoms with Crippen molar-refractivity contribution < 1.29 is 4.79 Å². The molecule has 1 aromatic carbocycles. The molecular formula is C15H16N2O. The van der Waals surface area contributed by atoms with Crippen molar-refractivity contribution in [2.45, 2.75) is 31.7 Å². The van der Waals surface area contributed by atoms with E-state index in [9.17, 15) is 4.79 Å². The first-order chi connectivity index (χ1) is 8.78. The molecule has 3 nitrogen and oxygen atoms in total. The van der Waals surface area contributed by atoms with Gasteiger partial charge >= 0.3 is 0 Å². The topological polar surface area (TPSA) is 52.9 Å². The molecule has 1 aliphatic carbocycles. The molecule has 0 fully saturated rings. The van der Waals surface area contributed by atoms with Crippen LogP contribution in [0, 0.1) is 11.3 Å². The zero-order valence-electron chi connectivity index (χ0n) is 10.2. The van der Waals surface area contributed by atoms with Gasteiger partial charge < -0.3 is 5.32 Å². The highest BCUT2D eigenvalue weighted by molar-refractivity contribution is 5.78. The minimum atomic E-state index is 0.0556. The zero-order chi connectivity index (χ0) is 12.8. The number of nitrogens with zero attached hydrogens (tertiary/aromatic N) is 1. The molecule has 2 rings (SSSR count). The number of nitrogens with one attached hydrogen (secondary N) is 1. The molecule has 1 amide bonds. The molecule has 1 atom stereocenters. The molecule has 0 aliphatic heterocycles. The maximum absolute atomic E-state index is 11.8. The number of allylic oxidation sites excluding steroid dienone is 1. The van der Waals surface area contributed by atoms with Crippen LogP contribution >= 0.6 is 0 Å². The highest BCUT2D eigenvalue weighted by Gasteiger charge is 2.12. The Bertz CT molecular complexity index is 482. The van der Waals surface area contributed by atoms with Crippen LogP contribution in [0.15, 0.2) is 36.4 Å². The molecule has 18 heavy (non-hydrogen) atoms. The molecule has 1 aliphatic rings. The van der Waals surface area contributed by atoms with Crippen LogP contribution in [-0.4, -0.2) is 11.9 Å². The number of rotatable bonds is 3. The summed E-state index contributed by atoms with van der Waals surface area (Å²) in [4.78, 5) is 11.8. The Balaban J connectivity index is 1.86. The molecule has 0 spiro atoms. The van der Waals surface area contributed by atoms with E-state index in [1.165, 1.54) is 0 Å². The highest BCUT2D eigenvalue weighted by Crippen LogP contribution is 2.11. The van der Waals surface area contributed by atoms with Gasteiger partial charge in [-0.1, -0.05) is 24.3 Å². The van der Waals surface area contributed by atoms with Gasteiger partial charge in [0.1, 0.15) is 0 Å². The second-order valence-electron chi connectivity index (χ2n) is 4.53. The number of carbonyl (C=O) groups is 1. The lowest BCUT2D eigenvalue weighted by molar-refractivity contribution is -0.121. The molecule has 1 aromatic rings. The van der Waals surface area contributed by atoms with Crippen molar-refractivity contribution in [2.24, 2.45) is 0 Å². The first kappa shape index (κ1) is 12.4. The largest absolute Gasteiger partial charge is 0.353 e. The monoisotopic (exact) mass is 240 g/mol. The van der Waals surface area contributed by atoms with E-state index in [-0.39, 0.29) is 11.9 Å². The van der Waals surface area contributed by atoms with Crippen LogP contribution in [0.3, 0.4) is 0 Å². The van der Waals surface area contributed by atoms with Crippen molar-refractivity contribution in [3.05, 3.63) is 47.5 Å². The quantitative estimate of drug-likeness (QED) is 0.824. The van der Waals surface area contributed by atoms with Gasteiger partial charge in [0.2, 0.25) is 5.91 Å². The Morgan fingerprint density at radius 1 is 1.33 bits per heavy atom. The maximum Gasteiger partial charge on any atom is 0.224 e.